The van der Waals surface area contributed by atoms with Gasteiger partial charge in [0.15, 0.2) is 0 Å². The van der Waals surface area contributed by atoms with Gasteiger partial charge in [-0.2, -0.15) is 0 Å². The van der Waals surface area contributed by atoms with Crippen LogP contribution < -0.4 is 10.6 Å². The van der Waals surface area contributed by atoms with Crippen LogP contribution in [0.1, 0.15) is 17.1 Å². The zero-order valence-corrected chi connectivity index (χ0v) is 10.9. The third-order valence-corrected chi connectivity index (χ3v) is 2.90. The average Bonchev–Trinajstić information content (AvgIpc) is 2.71. The number of aryl methyl sites for hydroxylation is 1. The van der Waals surface area contributed by atoms with Crippen LogP contribution in [0.4, 0.5) is 4.79 Å². The second-order valence-corrected chi connectivity index (χ2v) is 4.74. The maximum absolute atomic E-state index is 11.4. The Balaban J connectivity index is 2.44. The van der Waals surface area contributed by atoms with Crippen LogP contribution in [0.5, 0.6) is 0 Å². The summed E-state index contributed by atoms with van der Waals surface area (Å²) in [5.74, 6) is -2.70. The van der Waals surface area contributed by atoms with Gasteiger partial charge in [-0.25, -0.2) is 14.6 Å². The number of carbonyl (C=O) groups excluding carboxylic acids is 1. The molecule has 0 aliphatic heterocycles. The summed E-state index contributed by atoms with van der Waals surface area (Å²) in [5.41, 5.74) is 0.655. The first-order chi connectivity index (χ1) is 8.88. The number of thiazole rings is 1. The van der Waals surface area contributed by atoms with Crippen LogP contribution in [-0.2, 0) is 16.1 Å². The van der Waals surface area contributed by atoms with Crippen molar-refractivity contribution in [3.63, 3.8) is 0 Å². The number of carboxylic acid groups (broad SMARTS) is 2. The van der Waals surface area contributed by atoms with Gasteiger partial charge in [0.2, 0.25) is 0 Å². The summed E-state index contributed by atoms with van der Waals surface area (Å²) >= 11 is 1.43. The lowest BCUT2D eigenvalue weighted by Gasteiger charge is -2.12. The fourth-order valence-electron chi connectivity index (χ4n) is 1.24. The van der Waals surface area contributed by atoms with Gasteiger partial charge >= 0.3 is 18.0 Å². The van der Waals surface area contributed by atoms with Crippen molar-refractivity contribution in [2.75, 3.05) is 0 Å². The van der Waals surface area contributed by atoms with Gasteiger partial charge in [0.1, 0.15) is 6.04 Å². The van der Waals surface area contributed by atoms with E-state index in [9.17, 15) is 14.4 Å². The maximum Gasteiger partial charge on any atom is 0.326 e. The lowest BCUT2D eigenvalue weighted by atomic mass is 10.2. The zero-order valence-electron chi connectivity index (χ0n) is 10.0. The summed E-state index contributed by atoms with van der Waals surface area (Å²) in [7, 11) is 0. The molecule has 1 rings (SSSR count). The standard InChI is InChI=1S/C10H13N3O5S/c1-5-12-6(4-19-5)3-11-10(18)13-7(9(16)17)2-8(14)15/h4,7H,2-3H2,1H3,(H,14,15)(H,16,17)(H2,11,13,18). The zero-order chi connectivity index (χ0) is 14.4. The van der Waals surface area contributed by atoms with Crippen molar-refractivity contribution in [3.8, 4) is 0 Å². The molecular weight excluding hydrogens is 274 g/mol. The number of hydrogen-bond acceptors (Lipinski definition) is 5. The molecule has 0 saturated carbocycles. The quantitative estimate of drug-likeness (QED) is 0.590. The Kier molecular flexibility index (Phi) is 5.24. The second-order valence-electron chi connectivity index (χ2n) is 3.67. The molecule has 1 unspecified atom stereocenters. The summed E-state index contributed by atoms with van der Waals surface area (Å²) in [6.45, 7) is 1.97. The smallest absolute Gasteiger partial charge is 0.326 e. The average molecular weight is 287 g/mol. The number of carboxylic acids is 2. The van der Waals surface area contributed by atoms with E-state index >= 15 is 0 Å². The van der Waals surface area contributed by atoms with Crippen LogP contribution >= 0.6 is 11.3 Å². The molecule has 0 aliphatic rings. The number of aliphatic carboxylic acids is 2. The fourth-order valence-corrected chi connectivity index (χ4v) is 1.86. The Hall–Kier alpha value is -2.16. The second kappa shape index (κ2) is 6.69. The molecule has 4 N–H and O–H groups in total. The molecule has 104 valence electrons. The highest BCUT2D eigenvalue weighted by molar-refractivity contribution is 7.09. The van der Waals surface area contributed by atoms with Crippen LogP contribution in [0.15, 0.2) is 5.38 Å². The SMILES string of the molecule is Cc1nc(CNC(=O)NC(CC(=O)O)C(=O)O)cs1. The van der Waals surface area contributed by atoms with Gasteiger partial charge in [0, 0.05) is 5.38 Å². The molecule has 9 heteroatoms. The number of carbonyl (C=O) groups is 3. The summed E-state index contributed by atoms with van der Waals surface area (Å²) in [6.07, 6.45) is -0.682. The number of hydrogen-bond donors (Lipinski definition) is 4. The Morgan fingerprint density at radius 2 is 2.11 bits per heavy atom. The predicted octanol–water partition coefficient (Wildman–Crippen LogP) is 0.179. The van der Waals surface area contributed by atoms with E-state index in [1.54, 1.807) is 5.38 Å². The Morgan fingerprint density at radius 3 is 2.58 bits per heavy atom. The van der Waals surface area contributed by atoms with Crippen molar-refractivity contribution in [1.82, 2.24) is 15.6 Å². The molecule has 0 spiro atoms. The van der Waals surface area contributed by atoms with Gasteiger partial charge < -0.3 is 20.8 Å². The number of nitrogens with zero attached hydrogens (tertiary/aromatic N) is 1. The van der Waals surface area contributed by atoms with Crippen molar-refractivity contribution in [2.45, 2.75) is 25.9 Å². The van der Waals surface area contributed by atoms with E-state index in [0.717, 1.165) is 5.01 Å². The molecule has 1 atom stereocenters. The first-order valence-corrected chi connectivity index (χ1v) is 6.16. The van der Waals surface area contributed by atoms with Gasteiger partial charge in [-0.1, -0.05) is 0 Å². The van der Waals surface area contributed by atoms with Crippen molar-refractivity contribution >= 4 is 29.3 Å². The molecule has 0 aliphatic carbocycles. The molecule has 0 bridgehead atoms. The van der Waals surface area contributed by atoms with Crippen molar-refractivity contribution in [3.05, 3.63) is 16.1 Å². The highest BCUT2D eigenvalue weighted by atomic mass is 32.1. The molecule has 0 radical (unpaired) electrons. The van der Waals surface area contributed by atoms with Crippen LogP contribution in [0.25, 0.3) is 0 Å². The molecule has 0 aromatic carbocycles. The number of rotatable bonds is 6. The van der Waals surface area contributed by atoms with Crippen LogP contribution in [0, 0.1) is 6.92 Å². The van der Waals surface area contributed by atoms with Gasteiger partial charge in [0.05, 0.1) is 23.7 Å². The Labute approximate surface area is 112 Å². The van der Waals surface area contributed by atoms with Gasteiger partial charge in [-0.3, -0.25) is 4.79 Å². The lowest BCUT2D eigenvalue weighted by Crippen LogP contribution is -2.46. The summed E-state index contributed by atoms with van der Waals surface area (Å²) in [5, 5.41) is 24.4. The minimum atomic E-state index is -1.46. The van der Waals surface area contributed by atoms with E-state index in [2.05, 4.69) is 15.6 Å². The van der Waals surface area contributed by atoms with Crippen molar-refractivity contribution < 1.29 is 24.6 Å². The van der Waals surface area contributed by atoms with E-state index in [1.807, 2.05) is 6.92 Å². The number of amides is 2. The maximum atomic E-state index is 11.4. The minimum absolute atomic E-state index is 0.148. The molecule has 1 aromatic heterocycles. The Morgan fingerprint density at radius 1 is 1.42 bits per heavy atom. The fraction of sp³-hybridized carbons (Fsp3) is 0.400. The van der Waals surface area contributed by atoms with Gasteiger partial charge in [-0.05, 0) is 6.92 Å². The van der Waals surface area contributed by atoms with Gasteiger partial charge in [-0.15, -0.1) is 11.3 Å². The van der Waals surface area contributed by atoms with Crippen molar-refractivity contribution in [1.29, 1.82) is 0 Å². The molecule has 0 fully saturated rings. The number of nitrogens with one attached hydrogen (secondary N) is 2. The molecule has 1 aromatic rings. The third-order valence-electron chi connectivity index (χ3n) is 2.08. The summed E-state index contributed by atoms with van der Waals surface area (Å²) in [4.78, 5) is 36.7. The largest absolute Gasteiger partial charge is 0.481 e. The van der Waals surface area contributed by atoms with E-state index in [4.69, 9.17) is 10.2 Å². The van der Waals surface area contributed by atoms with E-state index in [0.29, 0.717) is 5.69 Å². The minimum Gasteiger partial charge on any atom is -0.481 e. The molecule has 2 amide bonds. The Bertz CT molecular complexity index is 487. The molecule has 19 heavy (non-hydrogen) atoms. The number of urea groups is 1. The van der Waals surface area contributed by atoms with E-state index in [-0.39, 0.29) is 6.54 Å². The highest BCUT2D eigenvalue weighted by Gasteiger charge is 2.22. The highest BCUT2D eigenvalue weighted by Crippen LogP contribution is 2.07. The topological polar surface area (TPSA) is 129 Å². The number of aromatic nitrogens is 1. The lowest BCUT2D eigenvalue weighted by molar-refractivity contribution is -0.145. The first kappa shape index (κ1) is 14.9. The third kappa shape index (κ3) is 5.34. The van der Waals surface area contributed by atoms with Crippen molar-refractivity contribution in [2.24, 2.45) is 0 Å². The molecule has 1 heterocycles. The van der Waals surface area contributed by atoms with E-state index in [1.165, 1.54) is 11.3 Å². The molecular formula is C10H13N3O5S. The summed E-state index contributed by atoms with van der Waals surface area (Å²) in [6, 6.07) is -2.21. The van der Waals surface area contributed by atoms with Crippen LogP contribution in [-0.4, -0.2) is 39.2 Å². The van der Waals surface area contributed by atoms with Crippen LogP contribution in [0.3, 0.4) is 0 Å². The first-order valence-electron chi connectivity index (χ1n) is 5.28. The van der Waals surface area contributed by atoms with E-state index < -0.39 is 30.4 Å². The monoisotopic (exact) mass is 287 g/mol. The molecule has 8 nitrogen and oxygen atoms in total. The molecule has 0 saturated heterocycles. The van der Waals surface area contributed by atoms with Gasteiger partial charge in [0.25, 0.3) is 0 Å². The normalized spacial score (nSPS) is 11.6. The summed E-state index contributed by atoms with van der Waals surface area (Å²) < 4.78 is 0. The van der Waals surface area contributed by atoms with Crippen LogP contribution in [0.2, 0.25) is 0 Å². The predicted molar refractivity (Wildman–Crippen MR) is 65.9 cm³/mol.